The van der Waals surface area contributed by atoms with E-state index in [0.717, 1.165) is 12.0 Å². The molecule has 2 aromatic carbocycles. The van der Waals surface area contributed by atoms with E-state index in [4.69, 9.17) is 16.0 Å². The van der Waals surface area contributed by atoms with E-state index in [1.54, 1.807) is 12.1 Å². The largest absolute Gasteiger partial charge is 0.441 e. The van der Waals surface area contributed by atoms with Crippen molar-refractivity contribution in [3.8, 4) is 0 Å². The molecule has 0 N–H and O–H groups in total. The molecule has 3 aromatic rings. The zero-order valence-corrected chi connectivity index (χ0v) is 12.0. The van der Waals surface area contributed by atoms with Gasteiger partial charge in [-0.3, -0.25) is 4.79 Å². The summed E-state index contributed by atoms with van der Waals surface area (Å²) in [6.45, 7) is 0. The maximum absolute atomic E-state index is 12.2. The number of benzene rings is 2. The SMILES string of the molecule is O=C(c1ccc(Cc2ccccc2)cc1)c1ccc(Cl)o1. The number of hydrogen-bond donors (Lipinski definition) is 0. The van der Waals surface area contributed by atoms with Crippen molar-refractivity contribution < 1.29 is 9.21 Å². The van der Waals surface area contributed by atoms with Crippen LogP contribution in [-0.2, 0) is 6.42 Å². The molecule has 3 heteroatoms. The maximum Gasteiger partial charge on any atom is 0.228 e. The molecule has 1 aromatic heterocycles. The van der Waals surface area contributed by atoms with Gasteiger partial charge >= 0.3 is 0 Å². The minimum Gasteiger partial charge on any atom is -0.441 e. The number of rotatable bonds is 4. The van der Waals surface area contributed by atoms with Crippen LogP contribution in [0.2, 0.25) is 5.22 Å². The van der Waals surface area contributed by atoms with E-state index in [1.807, 2.05) is 42.5 Å². The van der Waals surface area contributed by atoms with Gasteiger partial charge in [0, 0.05) is 5.56 Å². The van der Waals surface area contributed by atoms with Crippen LogP contribution in [0.5, 0.6) is 0 Å². The topological polar surface area (TPSA) is 30.2 Å². The van der Waals surface area contributed by atoms with Gasteiger partial charge in [0.1, 0.15) is 0 Å². The molecule has 0 aliphatic heterocycles. The minimum absolute atomic E-state index is 0.159. The van der Waals surface area contributed by atoms with Crippen molar-refractivity contribution in [1.29, 1.82) is 0 Å². The molecule has 0 radical (unpaired) electrons. The van der Waals surface area contributed by atoms with E-state index in [2.05, 4.69) is 12.1 Å². The van der Waals surface area contributed by atoms with Crippen LogP contribution in [0.4, 0.5) is 0 Å². The molecule has 21 heavy (non-hydrogen) atoms. The van der Waals surface area contributed by atoms with Gasteiger partial charge in [0.05, 0.1) is 0 Å². The fourth-order valence-corrected chi connectivity index (χ4v) is 2.33. The van der Waals surface area contributed by atoms with Crippen molar-refractivity contribution in [2.75, 3.05) is 0 Å². The fraction of sp³-hybridized carbons (Fsp3) is 0.0556. The van der Waals surface area contributed by atoms with Crippen LogP contribution in [-0.4, -0.2) is 5.78 Å². The summed E-state index contributed by atoms with van der Waals surface area (Å²) in [4.78, 5) is 12.2. The van der Waals surface area contributed by atoms with Crippen molar-refractivity contribution in [3.63, 3.8) is 0 Å². The van der Waals surface area contributed by atoms with Crippen molar-refractivity contribution in [1.82, 2.24) is 0 Å². The molecule has 3 rings (SSSR count). The first-order valence-electron chi connectivity index (χ1n) is 6.65. The van der Waals surface area contributed by atoms with Gasteiger partial charge in [0.15, 0.2) is 11.0 Å². The average Bonchev–Trinajstić information content (AvgIpc) is 2.95. The third kappa shape index (κ3) is 3.23. The quantitative estimate of drug-likeness (QED) is 0.650. The summed E-state index contributed by atoms with van der Waals surface area (Å²) in [6.07, 6.45) is 0.849. The van der Waals surface area contributed by atoms with E-state index in [0.29, 0.717) is 5.56 Å². The lowest BCUT2D eigenvalue weighted by Crippen LogP contribution is -1.99. The highest BCUT2D eigenvalue weighted by atomic mass is 35.5. The smallest absolute Gasteiger partial charge is 0.228 e. The van der Waals surface area contributed by atoms with Gasteiger partial charge in [-0.15, -0.1) is 0 Å². The zero-order valence-electron chi connectivity index (χ0n) is 11.3. The van der Waals surface area contributed by atoms with Gasteiger partial charge in [0.25, 0.3) is 0 Å². The number of halogens is 1. The van der Waals surface area contributed by atoms with Crippen molar-refractivity contribution in [3.05, 3.63) is 94.4 Å². The molecule has 0 spiro atoms. The van der Waals surface area contributed by atoms with Gasteiger partial charge in [-0.1, -0.05) is 54.6 Å². The van der Waals surface area contributed by atoms with Gasteiger partial charge < -0.3 is 4.42 Å². The molecule has 0 saturated carbocycles. The Labute approximate surface area is 128 Å². The van der Waals surface area contributed by atoms with Gasteiger partial charge in [0.2, 0.25) is 5.78 Å². The first-order chi connectivity index (χ1) is 10.2. The monoisotopic (exact) mass is 296 g/mol. The van der Waals surface area contributed by atoms with E-state index in [-0.39, 0.29) is 16.8 Å². The summed E-state index contributed by atoms with van der Waals surface area (Å²) in [5.41, 5.74) is 3.00. The second-order valence-electron chi connectivity index (χ2n) is 4.79. The lowest BCUT2D eigenvalue weighted by molar-refractivity contribution is 0.101. The maximum atomic E-state index is 12.2. The van der Waals surface area contributed by atoms with Crippen molar-refractivity contribution in [2.45, 2.75) is 6.42 Å². The number of carbonyl (C=O) groups is 1. The second-order valence-corrected chi connectivity index (χ2v) is 5.16. The predicted octanol–water partition coefficient (Wildman–Crippen LogP) is 4.75. The van der Waals surface area contributed by atoms with Crippen LogP contribution < -0.4 is 0 Å². The Morgan fingerprint density at radius 1 is 0.857 bits per heavy atom. The fourth-order valence-electron chi connectivity index (χ4n) is 2.18. The lowest BCUT2D eigenvalue weighted by atomic mass is 10.0. The van der Waals surface area contributed by atoms with E-state index in [9.17, 15) is 4.79 Å². The molecule has 0 amide bonds. The molecule has 0 aliphatic rings. The Balaban J connectivity index is 1.76. The molecular formula is C18H13ClO2. The summed E-state index contributed by atoms with van der Waals surface area (Å²) >= 11 is 5.69. The summed E-state index contributed by atoms with van der Waals surface area (Å²) in [6, 6.07) is 20.9. The normalized spacial score (nSPS) is 10.5. The Morgan fingerprint density at radius 2 is 1.52 bits per heavy atom. The van der Waals surface area contributed by atoms with E-state index in [1.165, 1.54) is 5.56 Å². The molecule has 0 saturated heterocycles. The predicted molar refractivity (Wildman–Crippen MR) is 82.8 cm³/mol. The highest BCUT2D eigenvalue weighted by Gasteiger charge is 2.13. The van der Waals surface area contributed by atoms with Gasteiger partial charge in [-0.2, -0.15) is 0 Å². The second kappa shape index (κ2) is 5.98. The highest BCUT2D eigenvalue weighted by molar-refractivity contribution is 6.29. The summed E-state index contributed by atoms with van der Waals surface area (Å²) in [7, 11) is 0. The van der Waals surface area contributed by atoms with E-state index < -0.39 is 0 Å². The molecule has 0 bridgehead atoms. The zero-order chi connectivity index (χ0) is 14.7. The Morgan fingerprint density at radius 3 is 2.14 bits per heavy atom. The summed E-state index contributed by atoms with van der Waals surface area (Å²) in [5.74, 6) is 0.101. The number of hydrogen-bond acceptors (Lipinski definition) is 2. The summed E-state index contributed by atoms with van der Waals surface area (Å²) < 4.78 is 5.14. The Bertz CT molecular complexity index is 742. The Kier molecular flexibility index (Phi) is 3.89. The average molecular weight is 297 g/mol. The lowest BCUT2D eigenvalue weighted by Gasteiger charge is -2.03. The van der Waals surface area contributed by atoms with Crippen LogP contribution in [0.1, 0.15) is 27.2 Å². The van der Waals surface area contributed by atoms with Crippen LogP contribution in [0.15, 0.2) is 71.1 Å². The van der Waals surface area contributed by atoms with Crippen LogP contribution in [0.3, 0.4) is 0 Å². The molecule has 1 heterocycles. The highest BCUT2D eigenvalue weighted by Crippen LogP contribution is 2.18. The van der Waals surface area contributed by atoms with E-state index >= 15 is 0 Å². The van der Waals surface area contributed by atoms with Crippen LogP contribution in [0.25, 0.3) is 0 Å². The third-order valence-electron chi connectivity index (χ3n) is 3.26. The van der Waals surface area contributed by atoms with Gasteiger partial charge in [-0.05, 0) is 41.3 Å². The first kappa shape index (κ1) is 13.7. The molecule has 104 valence electrons. The Hall–Kier alpha value is -2.32. The van der Waals surface area contributed by atoms with Crippen molar-refractivity contribution in [2.24, 2.45) is 0 Å². The van der Waals surface area contributed by atoms with Gasteiger partial charge in [-0.25, -0.2) is 0 Å². The van der Waals surface area contributed by atoms with Crippen LogP contribution >= 0.6 is 11.6 Å². The number of furan rings is 1. The van der Waals surface area contributed by atoms with Crippen LogP contribution in [0, 0.1) is 0 Å². The third-order valence-corrected chi connectivity index (χ3v) is 3.47. The minimum atomic E-state index is -0.159. The number of ketones is 1. The summed E-state index contributed by atoms with van der Waals surface area (Å²) in [5, 5.41) is 0.221. The first-order valence-corrected chi connectivity index (χ1v) is 7.03. The number of carbonyl (C=O) groups excluding carboxylic acids is 1. The molecule has 0 aliphatic carbocycles. The molecular weight excluding hydrogens is 284 g/mol. The molecule has 0 atom stereocenters. The molecule has 2 nitrogen and oxygen atoms in total. The standard InChI is InChI=1S/C18H13ClO2/c19-17-11-10-16(21-17)18(20)15-8-6-14(7-9-15)12-13-4-2-1-3-5-13/h1-11H,12H2. The molecule has 0 fully saturated rings. The molecule has 0 unspecified atom stereocenters. The van der Waals surface area contributed by atoms with Crippen molar-refractivity contribution >= 4 is 17.4 Å².